The van der Waals surface area contributed by atoms with Gasteiger partial charge in [0.15, 0.2) is 0 Å². The molecule has 0 aromatic heterocycles. The maximum absolute atomic E-state index is 13.3. The molecule has 2 atom stereocenters. The monoisotopic (exact) mass is 325 g/mol. The largest absolute Gasteiger partial charge is 0.303 e. The lowest BCUT2D eigenvalue weighted by Crippen LogP contribution is -2.24. The van der Waals surface area contributed by atoms with Crippen LogP contribution in [-0.2, 0) is 0 Å². The van der Waals surface area contributed by atoms with Crippen molar-refractivity contribution in [1.29, 1.82) is 0 Å². The SMILES string of the molecule is CCC(N[C@@H](C)c1cccc(F)c1)c1ccc(Cl)c(Cl)c1. The summed E-state index contributed by atoms with van der Waals surface area (Å²) in [5.74, 6) is -0.219. The van der Waals surface area contributed by atoms with Crippen LogP contribution in [0.5, 0.6) is 0 Å². The molecule has 0 saturated heterocycles. The Morgan fingerprint density at radius 1 is 1.05 bits per heavy atom. The van der Waals surface area contributed by atoms with Gasteiger partial charge >= 0.3 is 0 Å². The van der Waals surface area contributed by atoms with E-state index in [2.05, 4.69) is 12.2 Å². The van der Waals surface area contributed by atoms with Crippen LogP contribution in [-0.4, -0.2) is 0 Å². The van der Waals surface area contributed by atoms with Crippen molar-refractivity contribution >= 4 is 23.2 Å². The van der Waals surface area contributed by atoms with Gasteiger partial charge in [-0.1, -0.05) is 48.3 Å². The number of halogens is 3. The minimum absolute atomic E-state index is 0.0418. The fourth-order valence-corrected chi connectivity index (χ4v) is 2.66. The van der Waals surface area contributed by atoms with E-state index in [1.807, 2.05) is 25.1 Å². The Kier molecular flexibility index (Phi) is 5.63. The highest BCUT2D eigenvalue weighted by atomic mass is 35.5. The van der Waals surface area contributed by atoms with Crippen LogP contribution in [0.15, 0.2) is 42.5 Å². The summed E-state index contributed by atoms with van der Waals surface area (Å²) in [5, 5.41) is 4.60. The van der Waals surface area contributed by atoms with E-state index >= 15 is 0 Å². The van der Waals surface area contributed by atoms with Gasteiger partial charge in [-0.2, -0.15) is 0 Å². The third kappa shape index (κ3) is 4.19. The van der Waals surface area contributed by atoms with Crippen molar-refractivity contribution in [2.75, 3.05) is 0 Å². The average molecular weight is 326 g/mol. The lowest BCUT2D eigenvalue weighted by molar-refractivity contribution is 0.455. The fourth-order valence-electron chi connectivity index (χ4n) is 2.35. The van der Waals surface area contributed by atoms with Gasteiger partial charge in [-0.3, -0.25) is 0 Å². The summed E-state index contributed by atoms with van der Waals surface area (Å²) in [6.07, 6.45) is 0.900. The molecule has 1 N–H and O–H groups in total. The summed E-state index contributed by atoms with van der Waals surface area (Å²) >= 11 is 12.0. The molecule has 0 radical (unpaired) electrons. The van der Waals surface area contributed by atoms with Gasteiger partial charge in [-0.05, 0) is 48.7 Å². The van der Waals surface area contributed by atoms with Crippen LogP contribution < -0.4 is 5.32 Å². The molecule has 0 bridgehead atoms. The van der Waals surface area contributed by atoms with E-state index in [-0.39, 0.29) is 17.9 Å². The van der Waals surface area contributed by atoms with Gasteiger partial charge in [0.2, 0.25) is 0 Å². The van der Waals surface area contributed by atoms with E-state index in [0.717, 1.165) is 17.5 Å². The molecule has 21 heavy (non-hydrogen) atoms. The molecule has 0 aliphatic heterocycles. The standard InChI is InChI=1S/C17H18Cl2FN/c1-3-17(13-7-8-15(18)16(19)10-13)21-11(2)12-5-4-6-14(20)9-12/h4-11,17,21H,3H2,1-2H3/t11-,17?/m0/s1. The number of rotatable bonds is 5. The minimum atomic E-state index is -0.219. The van der Waals surface area contributed by atoms with Crippen LogP contribution in [0.4, 0.5) is 4.39 Å². The lowest BCUT2D eigenvalue weighted by atomic mass is 10.0. The zero-order chi connectivity index (χ0) is 15.4. The topological polar surface area (TPSA) is 12.0 Å². The molecule has 1 unspecified atom stereocenters. The van der Waals surface area contributed by atoms with Crippen LogP contribution in [0.2, 0.25) is 10.0 Å². The van der Waals surface area contributed by atoms with Crippen LogP contribution >= 0.6 is 23.2 Å². The smallest absolute Gasteiger partial charge is 0.123 e. The van der Waals surface area contributed by atoms with Gasteiger partial charge in [0.05, 0.1) is 10.0 Å². The zero-order valence-electron chi connectivity index (χ0n) is 12.0. The molecule has 0 spiro atoms. The molecule has 0 aliphatic rings. The predicted molar refractivity (Wildman–Crippen MR) is 87.4 cm³/mol. The molecule has 112 valence electrons. The summed E-state index contributed by atoms with van der Waals surface area (Å²) in [5.41, 5.74) is 2.00. The first-order chi connectivity index (χ1) is 10.0. The Morgan fingerprint density at radius 2 is 1.81 bits per heavy atom. The molecule has 0 saturated carbocycles. The first kappa shape index (κ1) is 16.3. The van der Waals surface area contributed by atoms with Gasteiger partial charge in [-0.25, -0.2) is 4.39 Å². The number of benzene rings is 2. The highest BCUT2D eigenvalue weighted by Crippen LogP contribution is 2.28. The Morgan fingerprint density at radius 3 is 2.43 bits per heavy atom. The average Bonchev–Trinajstić information content (AvgIpc) is 2.47. The molecule has 0 fully saturated rings. The van der Waals surface area contributed by atoms with E-state index < -0.39 is 0 Å². The first-order valence-electron chi connectivity index (χ1n) is 6.97. The van der Waals surface area contributed by atoms with E-state index in [4.69, 9.17) is 23.2 Å². The Balaban J connectivity index is 2.16. The molecule has 4 heteroatoms. The van der Waals surface area contributed by atoms with Crippen molar-refractivity contribution in [1.82, 2.24) is 5.32 Å². The highest BCUT2D eigenvalue weighted by molar-refractivity contribution is 6.42. The molecule has 2 aromatic rings. The molecular formula is C17H18Cl2FN. The summed E-state index contributed by atoms with van der Waals surface area (Å²) in [6.45, 7) is 4.12. The van der Waals surface area contributed by atoms with E-state index in [1.54, 1.807) is 18.2 Å². The molecule has 0 aliphatic carbocycles. The maximum atomic E-state index is 13.3. The lowest BCUT2D eigenvalue weighted by Gasteiger charge is -2.23. The third-order valence-corrected chi connectivity index (χ3v) is 4.29. The fraction of sp³-hybridized carbons (Fsp3) is 0.294. The molecule has 0 amide bonds. The summed E-state index contributed by atoms with van der Waals surface area (Å²) in [7, 11) is 0. The van der Waals surface area contributed by atoms with E-state index in [9.17, 15) is 4.39 Å². The summed E-state index contributed by atoms with van der Waals surface area (Å²) in [6, 6.07) is 12.5. The van der Waals surface area contributed by atoms with Gasteiger partial charge in [-0.15, -0.1) is 0 Å². The van der Waals surface area contributed by atoms with Crippen molar-refractivity contribution in [2.45, 2.75) is 32.4 Å². The van der Waals surface area contributed by atoms with Crippen molar-refractivity contribution in [3.63, 3.8) is 0 Å². The third-order valence-electron chi connectivity index (χ3n) is 3.55. The van der Waals surface area contributed by atoms with Crippen LogP contribution in [0, 0.1) is 5.82 Å². The second kappa shape index (κ2) is 7.26. The van der Waals surface area contributed by atoms with E-state index in [1.165, 1.54) is 6.07 Å². The molecule has 1 nitrogen and oxygen atoms in total. The van der Waals surface area contributed by atoms with Crippen molar-refractivity contribution in [3.05, 3.63) is 69.5 Å². The van der Waals surface area contributed by atoms with Gasteiger partial charge in [0.25, 0.3) is 0 Å². The molecule has 2 rings (SSSR count). The predicted octanol–water partition coefficient (Wildman–Crippen LogP) is 5.93. The quantitative estimate of drug-likeness (QED) is 0.717. The van der Waals surface area contributed by atoms with Crippen molar-refractivity contribution in [2.24, 2.45) is 0 Å². The van der Waals surface area contributed by atoms with E-state index in [0.29, 0.717) is 10.0 Å². The first-order valence-corrected chi connectivity index (χ1v) is 7.73. The van der Waals surface area contributed by atoms with Crippen molar-refractivity contribution in [3.8, 4) is 0 Å². The zero-order valence-corrected chi connectivity index (χ0v) is 13.5. The Bertz CT molecular complexity index is 615. The highest BCUT2D eigenvalue weighted by Gasteiger charge is 2.15. The number of hydrogen-bond donors (Lipinski definition) is 1. The molecule has 2 aromatic carbocycles. The normalized spacial score (nSPS) is 14.0. The van der Waals surface area contributed by atoms with Crippen LogP contribution in [0.3, 0.4) is 0 Å². The molecular weight excluding hydrogens is 308 g/mol. The second-order valence-electron chi connectivity index (χ2n) is 5.08. The van der Waals surface area contributed by atoms with Gasteiger partial charge in [0.1, 0.15) is 5.82 Å². The van der Waals surface area contributed by atoms with Crippen molar-refractivity contribution < 1.29 is 4.39 Å². The number of hydrogen-bond acceptors (Lipinski definition) is 1. The van der Waals surface area contributed by atoms with Gasteiger partial charge < -0.3 is 5.32 Å². The maximum Gasteiger partial charge on any atom is 0.123 e. The van der Waals surface area contributed by atoms with Gasteiger partial charge in [0, 0.05) is 12.1 Å². The number of nitrogens with one attached hydrogen (secondary N) is 1. The van der Waals surface area contributed by atoms with Crippen LogP contribution in [0.1, 0.15) is 43.5 Å². The van der Waals surface area contributed by atoms with Crippen LogP contribution in [0.25, 0.3) is 0 Å². The Labute approximate surface area is 135 Å². The summed E-state index contributed by atoms with van der Waals surface area (Å²) < 4.78 is 13.3. The second-order valence-corrected chi connectivity index (χ2v) is 5.89. The minimum Gasteiger partial charge on any atom is -0.303 e. The summed E-state index contributed by atoms with van der Waals surface area (Å²) in [4.78, 5) is 0. The molecule has 0 heterocycles. The Hall–Kier alpha value is -1.09.